The standard InChI is InChI=1S/C12H9NO2S/c1-8(12-13-4-5-16-12)9-2-3-10-11(6-9)15-7-14-10/h2-6H,1,7H2. The van der Waals surface area contributed by atoms with Gasteiger partial charge in [0.2, 0.25) is 6.79 Å². The van der Waals surface area contributed by atoms with Crippen LogP contribution in [0.2, 0.25) is 0 Å². The Labute approximate surface area is 97.0 Å². The first-order valence-electron chi connectivity index (χ1n) is 4.83. The van der Waals surface area contributed by atoms with Crippen LogP contribution in [0.15, 0.2) is 36.4 Å². The predicted octanol–water partition coefficient (Wildman–Crippen LogP) is 2.93. The van der Waals surface area contributed by atoms with Crippen molar-refractivity contribution in [1.29, 1.82) is 0 Å². The number of hydrogen-bond donors (Lipinski definition) is 0. The lowest BCUT2D eigenvalue weighted by atomic mass is 10.1. The summed E-state index contributed by atoms with van der Waals surface area (Å²) >= 11 is 1.58. The molecular weight excluding hydrogens is 222 g/mol. The zero-order chi connectivity index (χ0) is 11.0. The van der Waals surface area contributed by atoms with Crippen molar-refractivity contribution in [2.45, 2.75) is 0 Å². The summed E-state index contributed by atoms with van der Waals surface area (Å²) in [6.07, 6.45) is 1.78. The minimum atomic E-state index is 0.294. The average Bonchev–Trinajstić information content (AvgIpc) is 2.98. The summed E-state index contributed by atoms with van der Waals surface area (Å²) < 4.78 is 10.6. The molecule has 1 aromatic carbocycles. The molecule has 2 heterocycles. The molecule has 2 aromatic rings. The third kappa shape index (κ3) is 1.47. The molecule has 0 saturated heterocycles. The van der Waals surface area contributed by atoms with Crippen LogP contribution >= 0.6 is 11.3 Å². The number of nitrogens with zero attached hydrogens (tertiary/aromatic N) is 1. The summed E-state index contributed by atoms with van der Waals surface area (Å²) in [7, 11) is 0. The van der Waals surface area contributed by atoms with Crippen LogP contribution in [0.25, 0.3) is 5.57 Å². The molecule has 3 rings (SSSR count). The second kappa shape index (κ2) is 3.64. The van der Waals surface area contributed by atoms with Gasteiger partial charge in [-0.3, -0.25) is 0 Å². The first-order valence-corrected chi connectivity index (χ1v) is 5.71. The van der Waals surface area contributed by atoms with Crippen molar-refractivity contribution in [3.8, 4) is 11.5 Å². The number of benzene rings is 1. The van der Waals surface area contributed by atoms with Gasteiger partial charge in [-0.05, 0) is 17.7 Å². The fourth-order valence-electron chi connectivity index (χ4n) is 1.58. The van der Waals surface area contributed by atoms with Gasteiger partial charge in [0.25, 0.3) is 0 Å². The molecule has 0 N–H and O–H groups in total. The Morgan fingerprint density at radius 1 is 1.31 bits per heavy atom. The Balaban J connectivity index is 1.99. The van der Waals surface area contributed by atoms with Crippen LogP contribution in [0, 0.1) is 0 Å². The number of ether oxygens (including phenoxy) is 2. The minimum absolute atomic E-state index is 0.294. The summed E-state index contributed by atoms with van der Waals surface area (Å²) in [5.74, 6) is 1.56. The van der Waals surface area contributed by atoms with Crippen LogP contribution in [-0.4, -0.2) is 11.8 Å². The summed E-state index contributed by atoms with van der Waals surface area (Å²) in [5.41, 5.74) is 1.92. The van der Waals surface area contributed by atoms with Gasteiger partial charge in [-0.2, -0.15) is 0 Å². The van der Waals surface area contributed by atoms with Crippen LogP contribution in [0.4, 0.5) is 0 Å². The van der Waals surface area contributed by atoms with E-state index >= 15 is 0 Å². The van der Waals surface area contributed by atoms with Crippen molar-refractivity contribution in [3.63, 3.8) is 0 Å². The largest absolute Gasteiger partial charge is 0.454 e. The van der Waals surface area contributed by atoms with Crippen LogP contribution in [0.1, 0.15) is 10.6 Å². The number of aromatic nitrogens is 1. The fraction of sp³-hybridized carbons (Fsp3) is 0.0833. The molecule has 1 aliphatic rings. The summed E-state index contributed by atoms with van der Waals surface area (Å²) in [4.78, 5) is 4.23. The topological polar surface area (TPSA) is 31.4 Å². The molecule has 16 heavy (non-hydrogen) atoms. The summed E-state index contributed by atoms with van der Waals surface area (Å²) in [6, 6.07) is 5.81. The van der Waals surface area contributed by atoms with E-state index in [2.05, 4.69) is 11.6 Å². The second-order valence-corrected chi connectivity index (χ2v) is 4.28. The first-order chi connectivity index (χ1) is 7.84. The number of fused-ring (bicyclic) bond motifs is 1. The third-order valence-electron chi connectivity index (χ3n) is 2.41. The Morgan fingerprint density at radius 2 is 2.19 bits per heavy atom. The molecule has 1 aromatic heterocycles. The van der Waals surface area contributed by atoms with Gasteiger partial charge in [0, 0.05) is 17.2 Å². The Morgan fingerprint density at radius 3 is 3.00 bits per heavy atom. The highest BCUT2D eigenvalue weighted by atomic mass is 32.1. The van der Waals surface area contributed by atoms with Crippen molar-refractivity contribution < 1.29 is 9.47 Å². The van der Waals surface area contributed by atoms with Gasteiger partial charge in [0.05, 0.1) is 0 Å². The normalized spacial score (nSPS) is 12.8. The zero-order valence-corrected chi connectivity index (χ0v) is 9.29. The molecule has 0 radical (unpaired) electrons. The van der Waals surface area contributed by atoms with Crippen LogP contribution in [-0.2, 0) is 0 Å². The first kappa shape index (κ1) is 9.42. The van der Waals surface area contributed by atoms with E-state index in [0.29, 0.717) is 6.79 Å². The third-order valence-corrected chi connectivity index (χ3v) is 3.24. The van der Waals surface area contributed by atoms with Gasteiger partial charge in [0.15, 0.2) is 11.5 Å². The number of hydrogen-bond acceptors (Lipinski definition) is 4. The maximum atomic E-state index is 5.33. The van der Waals surface area contributed by atoms with Crippen molar-refractivity contribution >= 4 is 16.9 Å². The molecular formula is C12H9NO2S. The highest BCUT2D eigenvalue weighted by Crippen LogP contribution is 2.35. The van der Waals surface area contributed by atoms with Crippen LogP contribution in [0.3, 0.4) is 0 Å². The molecule has 0 amide bonds. The Bertz CT molecular complexity index is 534. The fourth-order valence-corrected chi connectivity index (χ4v) is 2.21. The highest BCUT2D eigenvalue weighted by molar-refractivity contribution is 7.10. The van der Waals surface area contributed by atoms with Crippen molar-refractivity contribution in [1.82, 2.24) is 4.98 Å². The van der Waals surface area contributed by atoms with Crippen molar-refractivity contribution in [3.05, 3.63) is 46.9 Å². The molecule has 0 unspecified atom stereocenters. The Hall–Kier alpha value is -1.81. The molecule has 0 fully saturated rings. The van der Waals surface area contributed by atoms with E-state index in [9.17, 15) is 0 Å². The van der Waals surface area contributed by atoms with Gasteiger partial charge in [-0.15, -0.1) is 11.3 Å². The lowest BCUT2D eigenvalue weighted by molar-refractivity contribution is 0.174. The SMILES string of the molecule is C=C(c1ccc2c(c1)OCO2)c1nccs1. The maximum absolute atomic E-state index is 5.33. The van der Waals surface area contributed by atoms with Gasteiger partial charge in [0.1, 0.15) is 5.01 Å². The van der Waals surface area contributed by atoms with E-state index in [1.807, 2.05) is 23.6 Å². The van der Waals surface area contributed by atoms with E-state index in [4.69, 9.17) is 9.47 Å². The minimum Gasteiger partial charge on any atom is -0.454 e. The average molecular weight is 231 g/mol. The molecule has 80 valence electrons. The Kier molecular flexibility index (Phi) is 2.15. The van der Waals surface area contributed by atoms with Gasteiger partial charge in [-0.1, -0.05) is 12.6 Å². The molecule has 0 saturated carbocycles. The number of thiazole rings is 1. The zero-order valence-electron chi connectivity index (χ0n) is 8.47. The van der Waals surface area contributed by atoms with Crippen molar-refractivity contribution in [2.24, 2.45) is 0 Å². The molecule has 0 aliphatic carbocycles. The van der Waals surface area contributed by atoms with Crippen LogP contribution in [0.5, 0.6) is 11.5 Å². The van der Waals surface area contributed by atoms with Gasteiger partial charge < -0.3 is 9.47 Å². The monoisotopic (exact) mass is 231 g/mol. The van der Waals surface area contributed by atoms with E-state index in [0.717, 1.165) is 27.6 Å². The summed E-state index contributed by atoms with van der Waals surface area (Å²) in [6.45, 7) is 4.34. The molecule has 1 aliphatic heterocycles. The van der Waals surface area contributed by atoms with E-state index in [1.165, 1.54) is 0 Å². The lowest BCUT2D eigenvalue weighted by Gasteiger charge is -2.03. The molecule has 0 spiro atoms. The number of rotatable bonds is 2. The quantitative estimate of drug-likeness (QED) is 0.796. The van der Waals surface area contributed by atoms with E-state index in [1.54, 1.807) is 17.5 Å². The van der Waals surface area contributed by atoms with Crippen LogP contribution < -0.4 is 9.47 Å². The summed E-state index contributed by atoms with van der Waals surface area (Å²) in [5, 5.41) is 2.87. The van der Waals surface area contributed by atoms with E-state index in [-0.39, 0.29) is 0 Å². The molecule has 0 atom stereocenters. The molecule has 3 nitrogen and oxygen atoms in total. The smallest absolute Gasteiger partial charge is 0.231 e. The maximum Gasteiger partial charge on any atom is 0.231 e. The van der Waals surface area contributed by atoms with E-state index < -0.39 is 0 Å². The van der Waals surface area contributed by atoms with Gasteiger partial charge in [-0.25, -0.2) is 4.98 Å². The van der Waals surface area contributed by atoms with Gasteiger partial charge >= 0.3 is 0 Å². The molecule has 4 heteroatoms. The molecule has 0 bridgehead atoms. The lowest BCUT2D eigenvalue weighted by Crippen LogP contribution is -1.92. The van der Waals surface area contributed by atoms with Crippen molar-refractivity contribution in [2.75, 3.05) is 6.79 Å². The highest BCUT2D eigenvalue weighted by Gasteiger charge is 2.15. The predicted molar refractivity (Wildman–Crippen MR) is 62.8 cm³/mol. The second-order valence-electron chi connectivity index (χ2n) is 3.38.